The second kappa shape index (κ2) is 6.84. The summed E-state index contributed by atoms with van der Waals surface area (Å²) >= 11 is 13.4. The SMILES string of the molecule is C[C@@H]1CN(C(=O)CSc2nnc3c(Cl)cc(Cl)cn23)C[C@@H](C)O1. The molecule has 124 valence electrons. The molecule has 0 bridgehead atoms. The van der Waals surface area contributed by atoms with E-state index in [4.69, 9.17) is 27.9 Å². The van der Waals surface area contributed by atoms with Gasteiger partial charge in [-0.15, -0.1) is 10.2 Å². The van der Waals surface area contributed by atoms with E-state index >= 15 is 0 Å². The van der Waals surface area contributed by atoms with Crippen LogP contribution in [0.15, 0.2) is 17.4 Å². The lowest BCUT2D eigenvalue weighted by Gasteiger charge is -2.35. The van der Waals surface area contributed by atoms with Crippen LogP contribution in [0.3, 0.4) is 0 Å². The summed E-state index contributed by atoms with van der Waals surface area (Å²) in [6, 6.07) is 1.61. The third-order valence-corrected chi connectivity index (χ3v) is 4.90. The van der Waals surface area contributed by atoms with Crippen LogP contribution in [0.2, 0.25) is 10.0 Å². The van der Waals surface area contributed by atoms with Crippen molar-refractivity contribution in [3.05, 3.63) is 22.3 Å². The summed E-state index contributed by atoms with van der Waals surface area (Å²) in [5.74, 6) is 0.339. The van der Waals surface area contributed by atoms with Gasteiger partial charge in [-0.3, -0.25) is 9.20 Å². The minimum Gasteiger partial charge on any atom is -0.372 e. The van der Waals surface area contributed by atoms with Crippen LogP contribution in [0.1, 0.15) is 13.8 Å². The zero-order valence-corrected chi connectivity index (χ0v) is 15.0. The van der Waals surface area contributed by atoms with Gasteiger partial charge in [-0.1, -0.05) is 35.0 Å². The van der Waals surface area contributed by atoms with Gasteiger partial charge in [0.25, 0.3) is 0 Å². The van der Waals surface area contributed by atoms with Gasteiger partial charge in [-0.05, 0) is 19.9 Å². The molecule has 0 aromatic carbocycles. The van der Waals surface area contributed by atoms with Crippen molar-refractivity contribution in [1.29, 1.82) is 0 Å². The second-order valence-corrected chi connectivity index (χ2v) is 7.31. The monoisotopic (exact) mass is 374 g/mol. The molecule has 0 saturated carbocycles. The number of pyridine rings is 1. The fourth-order valence-electron chi connectivity index (χ4n) is 2.60. The fourth-order valence-corrected chi connectivity index (χ4v) is 3.92. The third-order valence-electron chi connectivity index (χ3n) is 3.49. The van der Waals surface area contributed by atoms with Crippen LogP contribution in [0.4, 0.5) is 0 Å². The Morgan fingerprint density at radius 2 is 2.04 bits per heavy atom. The number of fused-ring (bicyclic) bond motifs is 1. The lowest BCUT2D eigenvalue weighted by molar-refractivity contribution is -0.140. The lowest BCUT2D eigenvalue weighted by Crippen LogP contribution is -2.48. The molecule has 0 unspecified atom stereocenters. The minimum atomic E-state index is 0.0548. The van der Waals surface area contributed by atoms with Crippen LogP contribution in [0.5, 0.6) is 0 Å². The van der Waals surface area contributed by atoms with E-state index in [9.17, 15) is 4.79 Å². The molecule has 1 aliphatic rings. The highest BCUT2D eigenvalue weighted by Gasteiger charge is 2.26. The van der Waals surface area contributed by atoms with Crippen molar-refractivity contribution in [1.82, 2.24) is 19.5 Å². The Balaban J connectivity index is 1.70. The lowest BCUT2D eigenvalue weighted by atomic mass is 10.2. The Morgan fingerprint density at radius 3 is 2.74 bits per heavy atom. The molecule has 0 radical (unpaired) electrons. The number of carbonyl (C=O) groups excluding carboxylic acids is 1. The van der Waals surface area contributed by atoms with Gasteiger partial charge >= 0.3 is 0 Å². The number of nitrogens with zero attached hydrogens (tertiary/aromatic N) is 4. The molecule has 1 saturated heterocycles. The van der Waals surface area contributed by atoms with Crippen molar-refractivity contribution in [3.63, 3.8) is 0 Å². The molecule has 1 aliphatic heterocycles. The quantitative estimate of drug-likeness (QED) is 0.773. The first-order chi connectivity index (χ1) is 10.9. The number of aromatic nitrogens is 3. The Hall–Kier alpha value is -1.02. The molecule has 0 spiro atoms. The zero-order chi connectivity index (χ0) is 16.6. The molecular formula is C14H16Cl2N4O2S. The largest absolute Gasteiger partial charge is 0.372 e. The minimum absolute atomic E-state index is 0.0548. The van der Waals surface area contributed by atoms with E-state index in [1.165, 1.54) is 11.8 Å². The topological polar surface area (TPSA) is 59.7 Å². The maximum atomic E-state index is 12.4. The molecule has 0 aliphatic carbocycles. The molecule has 23 heavy (non-hydrogen) atoms. The van der Waals surface area contributed by atoms with Crippen LogP contribution in [-0.4, -0.2) is 56.5 Å². The molecule has 2 aromatic rings. The molecule has 0 N–H and O–H groups in total. The van der Waals surface area contributed by atoms with Crippen LogP contribution in [0.25, 0.3) is 5.65 Å². The van der Waals surface area contributed by atoms with E-state index < -0.39 is 0 Å². The second-order valence-electron chi connectivity index (χ2n) is 5.53. The van der Waals surface area contributed by atoms with Gasteiger partial charge < -0.3 is 9.64 Å². The standard InChI is InChI=1S/C14H16Cl2N4O2S/c1-8-4-19(5-9(2)22-8)12(21)7-23-14-18-17-13-11(16)3-10(15)6-20(13)14/h3,6,8-9H,4-5,7H2,1-2H3/t8-,9-/m1/s1. The predicted molar refractivity (Wildman–Crippen MR) is 90.3 cm³/mol. The highest BCUT2D eigenvalue weighted by atomic mass is 35.5. The Kier molecular flexibility index (Phi) is 5.01. The molecule has 2 aromatic heterocycles. The van der Waals surface area contributed by atoms with Crippen LogP contribution < -0.4 is 0 Å². The number of morpholine rings is 1. The van der Waals surface area contributed by atoms with Crippen molar-refractivity contribution >= 4 is 46.5 Å². The van der Waals surface area contributed by atoms with Crippen molar-refractivity contribution in [2.75, 3.05) is 18.8 Å². The molecule has 3 heterocycles. The molecule has 1 fully saturated rings. The summed E-state index contributed by atoms with van der Waals surface area (Å²) in [4.78, 5) is 14.2. The first-order valence-electron chi connectivity index (χ1n) is 7.20. The van der Waals surface area contributed by atoms with Crippen molar-refractivity contribution in [2.45, 2.75) is 31.2 Å². The number of thioether (sulfide) groups is 1. The van der Waals surface area contributed by atoms with E-state index in [0.29, 0.717) is 33.9 Å². The third kappa shape index (κ3) is 3.74. The van der Waals surface area contributed by atoms with Gasteiger partial charge in [0.2, 0.25) is 5.91 Å². The Bertz CT molecular complexity index is 729. The van der Waals surface area contributed by atoms with Gasteiger partial charge in [0.1, 0.15) is 0 Å². The molecule has 6 nitrogen and oxygen atoms in total. The summed E-state index contributed by atoms with van der Waals surface area (Å²) in [7, 11) is 0. The summed E-state index contributed by atoms with van der Waals surface area (Å²) < 4.78 is 7.35. The summed E-state index contributed by atoms with van der Waals surface area (Å²) in [6.07, 6.45) is 1.80. The molecule has 9 heteroatoms. The maximum Gasteiger partial charge on any atom is 0.233 e. The van der Waals surface area contributed by atoms with E-state index in [0.717, 1.165) is 0 Å². The van der Waals surface area contributed by atoms with Crippen molar-refractivity contribution < 1.29 is 9.53 Å². The smallest absolute Gasteiger partial charge is 0.233 e. The predicted octanol–water partition coefficient (Wildman–Crippen LogP) is 2.76. The summed E-state index contributed by atoms with van der Waals surface area (Å²) in [5.41, 5.74) is 0.527. The fraction of sp³-hybridized carbons (Fsp3) is 0.500. The van der Waals surface area contributed by atoms with E-state index in [2.05, 4.69) is 10.2 Å². The van der Waals surface area contributed by atoms with Crippen molar-refractivity contribution in [3.8, 4) is 0 Å². The van der Waals surface area contributed by atoms with E-state index in [-0.39, 0.29) is 23.9 Å². The number of ether oxygens (including phenoxy) is 1. The first kappa shape index (κ1) is 16.8. The molecule has 2 atom stereocenters. The van der Waals surface area contributed by atoms with Crippen LogP contribution in [-0.2, 0) is 9.53 Å². The number of halogens is 2. The van der Waals surface area contributed by atoms with Crippen LogP contribution >= 0.6 is 35.0 Å². The van der Waals surface area contributed by atoms with E-state index in [1.54, 1.807) is 16.7 Å². The molecular weight excluding hydrogens is 359 g/mol. The average molecular weight is 375 g/mol. The number of carbonyl (C=O) groups is 1. The summed E-state index contributed by atoms with van der Waals surface area (Å²) in [5, 5.41) is 9.62. The van der Waals surface area contributed by atoms with Gasteiger partial charge in [0, 0.05) is 19.3 Å². The zero-order valence-electron chi connectivity index (χ0n) is 12.7. The first-order valence-corrected chi connectivity index (χ1v) is 8.94. The van der Waals surface area contributed by atoms with Gasteiger partial charge in [-0.25, -0.2) is 0 Å². The maximum absolute atomic E-state index is 12.4. The van der Waals surface area contributed by atoms with E-state index in [1.807, 2.05) is 18.7 Å². The highest BCUT2D eigenvalue weighted by molar-refractivity contribution is 7.99. The Labute approximate surface area is 148 Å². The van der Waals surface area contributed by atoms with Crippen molar-refractivity contribution in [2.24, 2.45) is 0 Å². The van der Waals surface area contributed by atoms with Gasteiger partial charge in [-0.2, -0.15) is 0 Å². The normalized spacial score (nSPS) is 21.8. The average Bonchev–Trinajstić information content (AvgIpc) is 2.87. The number of hydrogen-bond acceptors (Lipinski definition) is 5. The number of amides is 1. The van der Waals surface area contributed by atoms with Crippen LogP contribution in [0, 0.1) is 0 Å². The number of hydrogen-bond donors (Lipinski definition) is 0. The Morgan fingerprint density at radius 1 is 1.35 bits per heavy atom. The number of rotatable bonds is 3. The van der Waals surface area contributed by atoms with Gasteiger partial charge in [0.05, 0.1) is 28.0 Å². The summed E-state index contributed by atoms with van der Waals surface area (Å²) in [6.45, 7) is 5.17. The molecule has 3 rings (SSSR count). The highest BCUT2D eigenvalue weighted by Crippen LogP contribution is 2.25. The molecule has 1 amide bonds. The van der Waals surface area contributed by atoms with Gasteiger partial charge in [0.15, 0.2) is 10.8 Å².